The summed E-state index contributed by atoms with van der Waals surface area (Å²) in [5.41, 5.74) is 3.72. The molecule has 3 N–H and O–H groups in total. The van der Waals surface area contributed by atoms with Crippen LogP contribution in [0.3, 0.4) is 0 Å². The normalized spacial score (nSPS) is 12.7. The maximum absolute atomic E-state index is 10.9. The molecule has 2 aromatic carbocycles. The first-order valence-electron chi connectivity index (χ1n) is 8.38. The van der Waals surface area contributed by atoms with Crippen LogP contribution >= 0.6 is 11.3 Å². The molecule has 0 saturated carbocycles. The Morgan fingerprint density at radius 2 is 1.93 bits per heavy atom. The quantitative estimate of drug-likeness (QED) is 0.522. The van der Waals surface area contributed by atoms with E-state index in [-0.39, 0.29) is 6.04 Å². The molecule has 0 aliphatic carbocycles. The van der Waals surface area contributed by atoms with Crippen molar-refractivity contribution in [3.05, 3.63) is 70.9 Å². The number of aromatic nitrogens is 1. The van der Waals surface area contributed by atoms with Gasteiger partial charge < -0.3 is 5.32 Å². The number of nitrogens with one attached hydrogen (secondary N) is 2. The molecule has 3 rings (SSSR count). The fourth-order valence-corrected chi connectivity index (χ4v) is 4.25. The molecule has 8 heteroatoms. The summed E-state index contributed by atoms with van der Waals surface area (Å²) >= 11 is 1.66. The van der Waals surface area contributed by atoms with Crippen LogP contribution < -0.4 is 10.0 Å². The minimum Gasteiger partial charge on any atom is -0.311 e. The number of hydrogen-bond acceptors (Lipinski definition) is 5. The molecule has 0 saturated heterocycles. The van der Waals surface area contributed by atoms with E-state index >= 15 is 0 Å². The summed E-state index contributed by atoms with van der Waals surface area (Å²) in [6.45, 7) is 2.07. The van der Waals surface area contributed by atoms with Gasteiger partial charge in [0.25, 0.3) is 0 Å². The lowest BCUT2D eigenvalue weighted by Crippen LogP contribution is -2.18. The molecule has 0 unspecified atom stereocenters. The zero-order valence-electron chi connectivity index (χ0n) is 15.0. The molecule has 0 fully saturated rings. The highest BCUT2D eigenvalue weighted by molar-refractivity contribution is 7.87. The third-order valence-electron chi connectivity index (χ3n) is 4.11. The fourth-order valence-electron chi connectivity index (χ4n) is 2.79. The van der Waals surface area contributed by atoms with Crippen molar-refractivity contribution in [3.63, 3.8) is 0 Å². The van der Waals surface area contributed by atoms with Gasteiger partial charge in [0.15, 0.2) is 0 Å². The predicted molar refractivity (Wildman–Crippen MR) is 109 cm³/mol. The number of aryl methyl sites for hydroxylation is 1. The van der Waals surface area contributed by atoms with Crippen molar-refractivity contribution in [2.24, 2.45) is 0 Å². The SMILES string of the molecule is CN[C@@H](Cc1ccc(NS(=O)(=O)O)cc1)c1ncc(-c2cccc(C)c2)s1. The summed E-state index contributed by atoms with van der Waals surface area (Å²) in [5.74, 6) is 0. The second-order valence-electron chi connectivity index (χ2n) is 6.25. The van der Waals surface area contributed by atoms with Gasteiger partial charge in [0.1, 0.15) is 5.01 Å². The van der Waals surface area contributed by atoms with E-state index in [1.807, 2.05) is 36.2 Å². The van der Waals surface area contributed by atoms with Gasteiger partial charge in [0, 0.05) is 6.20 Å². The van der Waals surface area contributed by atoms with Crippen molar-refractivity contribution in [3.8, 4) is 10.4 Å². The molecule has 142 valence electrons. The van der Waals surface area contributed by atoms with Crippen molar-refractivity contribution < 1.29 is 13.0 Å². The third kappa shape index (κ3) is 5.36. The van der Waals surface area contributed by atoms with Crippen LogP contribution in [0.4, 0.5) is 5.69 Å². The highest BCUT2D eigenvalue weighted by atomic mass is 32.2. The second-order valence-corrected chi connectivity index (χ2v) is 8.47. The van der Waals surface area contributed by atoms with E-state index in [0.29, 0.717) is 12.1 Å². The molecule has 3 aromatic rings. The number of anilines is 1. The standard InChI is InChI=1S/C19H21N3O3S2/c1-13-4-3-5-15(10-13)18-12-21-19(26-18)17(20-2)11-14-6-8-16(9-7-14)22-27(23,24)25/h3-10,12,17,20,22H,11H2,1-2H3,(H,23,24,25)/t17-/m0/s1. The van der Waals surface area contributed by atoms with Gasteiger partial charge in [-0.2, -0.15) is 8.42 Å². The highest BCUT2D eigenvalue weighted by Gasteiger charge is 2.15. The molecule has 0 aliphatic rings. The zero-order valence-corrected chi connectivity index (χ0v) is 16.6. The van der Waals surface area contributed by atoms with Crippen LogP contribution in [0.1, 0.15) is 22.2 Å². The van der Waals surface area contributed by atoms with E-state index < -0.39 is 10.3 Å². The Balaban J connectivity index is 1.74. The van der Waals surface area contributed by atoms with Gasteiger partial charge in [-0.05, 0) is 43.7 Å². The second kappa shape index (κ2) is 8.18. The van der Waals surface area contributed by atoms with Gasteiger partial charge in [0.2, 0.25) is 0 Å². The first kappa shape index (κ1) is 19.5. The first-order chi connectivity index (χ1) is 12.8. The monoisotopic (exact) mass is 403 g/mol. The van der Waals surface area contributed by atoms with E-state index in [9.17, 15) is 8.42 Å². The summed E-state index contributed by atoms with van der Waals surface area (Å²) in [6.07, 6.45) is 2.61. The number of likely N-dealkylation sites (N-methyl/N-ethyl adjacent to an activating group) is 1. The Labute approximate surface area is 163 Å². The zero-order chi connectivity index (χ0) is 19.4. The topological polar surface area (TPSA) is 91.3 Å². The number of hydrogen-bond donors (Lipinski definition) is 3. The maximum atomic E-state index is 10.9. The summed E-state index contributed by atoms with van der Waals surface area (Å²) in [4.78, 5) is 5.71. The van der Waals surface area contributed by atoms with Gasteiger partial charge in [-0.25, -0.2) is 4.98 Å². The Kier molecular flexibility index (Phi) is 5.91. The number of thiazole rings is 1. The van der Waals surface area contributed by atoms with Crippen molar-refractivity contribution >= 4 is 27.3 Å². The van der Waals surface area contributed by atoms with E-state index in [1.165, 1.54) is 5.56 Å². The average molecular weight is 404 g/mol. The van der Waals surface area contributed by atoms with Crippen molar-refractivity contribution in [2.45, 2.75) is 19.4 Å². The van der Waals surface area contributed by atoms with Crippen molar-refractivity contribution in [1.82, 2.24) is 10.3 Å². The molecular formula is C19H21N3O3S2. The van der Waals surface area contributed by atoms with Crippen LogP contribution in [0.25, 0.3) is 10.4 Å². The van der Waals surface area contributed by atoms with Gasteiger partial charge in [-0.3, -0.25) is 9.27 Å². The Morgan fingerprint density at radius 1 is 1.19 bits per heavy atom. The van der Waals surface area contributed by atoms with Gasteiger partial charge in [-0.15, -0.1) is 11.3 Å². The smallest absolute Gasteiger partial charge is 0.311 e. The van der Waals surface area contributed by atoms with Crippen LogP contribution in [0.5, 0.6) is 0 Å². The third-order valence-corrected chi connectivity index (χ3v) is 5.77. The summed E-state index contributed by atoms with van der Waals surface area (Å²) in [6, 6.07) is 15.3. The molecule has 0 amide bonds. The van der Waals surface area contributed by atoms with Crippen LogP contribution in [-0.2, 0) is 16.7 Å². The van der Waals surface area contributed by atoms with E-state index in [0.717, 1.165) is 21.0 Å². The molecule has 0 aliphatic heterocycles. The molecule has 6 nitrogen and oxygen atoms in total. The van der Waals surface area contributed by atoms with Gasteiger partial charge >= 0.3 is 10.3 Å². The Morgan fingerprint density at radius 3 is 2.56 bits per heavy atom. The lowest BCUT2D eigenvalue weighted by atomic mass is 10.1. The molecule has 0 radical (unpaired) electrons. The van der Waals surface area contributed by atoms with Crippen LogP contribution in [-0.4, -0.2) is 25.0 Å². The summed E-state index contributed by atoms with van der Waals surface area (Å²) < 4.78 is 32.6. The number of benzene rings is 2. The molecular weight excluding hydrogens is 382 g/mol. The minimum absolute atomic E-state index is 0.0499. The molecule has 0 bridgehead atoms. The van der Waals surface area contributed by atoms with Gasteiger partial charge in [-0.1, -0.05) is 42.0 Å². The molecule has 0 spiro atoms. The first-order valence-corrected chi connectivity index (χ1v) is 10.6. The Hall–Kier alpha value is -2.26. The van der Waals surface area contributed by atoms with E-state index in [2.05, 4.69) is 35.4 Å². The van der Waals surface area contributed by atoms with Crippen LogP contribution in [0, 0.1) is 6.92 Å². The minimum atomic E-state index is -4.26. The average Bonchev–Trinajstić information content (AvgIpc) is 3.10. The maximum Gasteiger partial charge on any atom is 0.357 e. The van der Waals surface area contributed by atoms with Crippen molar-refractivity contribution in [1.29, 1.82) is 0 Å². The van der Waals surface area contributed by atoms with Crippen LogP contribution in [0.2, 0.25) is 0 Å². The summed E-state index contributed by atoms with van der Waals surface area (Å²) in [7, 11) is -2.36. The predicted octanol–water partition coefficient (Wildman–Crippen LogP) is 3.84. The Bertz CT molecular complexity index is 1010. The van der Waals surface area contributed by atoms with Crippen molar-refractivity contribution in [2.75, 3.05) is 11.8 Å². The summed E-state index contributed by atoms with van der Waals surface area (Å²) in [5, 5.41) is 4.29. The molecule has 1 heterocycles. The lowest BCUT2D eigenvalue weighted by molar-refractivity contribution is 0.489. The highest BCUT2D eigenvalue weighted by Crippen LogP contribution is 2.31. The largest absolute Gasteiger partial charge is 0.357 e. The lowest BCUT2D eigenvalue weighted by Gasteiger charge is -2.14. The fraction of sp³-hybridized carbons (Fsp3) is 0.211. The molecule has 1 atom stereocenters. The number of nitrogens with zero attached hydrogens (tertiary/aromatic N) is 1. The number of rotatable bonds is 7. The molecule has 1 aromatic heterocycles. The van der Waals surface area contributed by atoms with Crippen LogP contribution in [0.15, 0.2) is 54.7 Å². The van der Waals surface area contributed by atoms with Gasteiger partial charge in [0.05, 0.1) is 16.6 Å². The van der Waals surface area contributed by atoms with E-state index in [1.54, 1.807) is 23.5 Å². The molecule has 27 heavy (non-hydrogen) atoms. The van der Waals surface area contributed by atoms with E-state index in [4.69, 9.17) is 4.55 Å².